The third-order valence-electron chi connectivity index (χ3n) is 1.90. The molecule has 0 unspecified atom stereocenters. The molecule has 0 aliphatic carbocycles. The van der Waals surface area contributed by atoms with Crippen LogP contribution >= 0.6 is 0 Å². The first-order chi connectivity index (χ1) is 6.91. The molecule has 82 valence electrons. The fourth-order valence-electron chi connectivity index (χ4n) is 1.46. The monoisotopic (exact) mass is 210 g/mol. The van der Waals surface area contributed by atoms with Crippen molar-refractivity contribution in [2.45, 2.75) is 32.8 Å². The van der Waals surface area contributed by atoms with Crippen molar-refractivity contribution in [3.8, 4) is 5.75 Å². The Labute approximate surface area is 89.1 Å². The fraction of sp³-hybridized carbons (Fsp3) is 0.417. The molecular weight excluding hydrogens is 195 g/mol. The molecule has 0 N–H and O–H groups in total. The zero-order valence-electron chi connectivity index (χ0n) is 9.21. The Morgan fingerprint density at radius 2 is 2.00 bits per heavy atom. The maximum atomic E-state index is 13.2. The summed E-state index contributed by atoms with van der Waals surface area (Å²) in [6, 6.07) is 6.18. The second-order valence-corrected chi connectivity index (χ2v) is 4.17. The number of halogens is 1. The highest BCUT2D eigenvalue weighted by atomic mass is 19.1. The molecular formula is C12H15FO2. The summed E-state index contributed by atoms with van der Waals surface area (Å²) in [4.78, 5) is 11.0. The normalized spacial score (nSPS) is 11.2. The number of carbonyl (C=O) groups excluding carboxylic acids is 1. The standard InChI is InChI=1S/C12H15FO2/c1-9(14)8-12(2,3)15-11-7-5-4-6-10(11)13/h4-7H,8H2,1-3H3. The highest BCUT2D eigenvalue weighted by Gasteiger charge is 2.23. The van der Waals surface area contributed by atoms with Gasteiger partial charge in [-0.1, -0.05) is 12.1 Å². The third-order valence-corrected chi connectivity index (χ3v) is 1.90. The van der Waals surface area contributed by atoms with Gasteiger partial charge in [-0.15, -0.1) is 0 Å². The summed E-state index contributed by atoms with van der Waals surface area (Å²) in [6.07, 6.45) is 0.265. The number of hydrogen-bond acceptors (Lipinski definition) is 2. The van der Waals surface area contributed by atoms with Crippen LogP contribution in [-0.4, -0.2) is 11.4 Å². The Hall–Kier alpha value is -1.38. The van der Waals surface area contributed by atoms with Crippen LogP contribution in [0.25, 0.3) is 0 Å². The number of benzene rings is 1. The molecule has 0 fully saturated rings. The summed E-state index contributed by atoms with van der Waals surface area (Å²) in [5.41, 5.74) is -0.673. The lowest BCUT2D eigenvalue weighted by molar-refractivity contribution is -0.120. The van der Waals surface area contributed by atoms with E-state index < -0.39 is 11.4 Å². The second-order valence-electron chi connectivity index (χ2n) is 4.17. The van der Waals surface area contributed by atoms with Crippen molar-refractivity contribution in [2.24, 2.45) is 0 Å². The van der Waals surface area contributed by atoms with Gasteiger partial charge in [-0.25, -0.2) is 4.39 Å². The lowest BCUT2D eigenvalue weighted by Crippen LogP contribution is -2.30. The van der Waals surface area contributed by atoms with Gasteiger partial charge in [0.2, 0.25) is 0 Å². The highest BCUT2D eigenvalue weighted by molar-refractivity contribution is 5.76. The summed E-state index contributed by atoms with van der Waals surface area (Å²) < 4.78 is 18.7. The zero-order valence-corrected chi connectivity index (χ0v) is 9.21. The van der Waals surface area contributed by atoms with Gasteiger partial charge in [0.15, 0.2) is 11.6 Å². The number of Topliss-reactive ketones (excluding diaryl/α,β-unsaturated/α-hetero) is 1. The van der Waals surface area contributed by atoms with Crippen molar-refractivity contribution in [3.63, 3.8) is 0 Å². The SMILES string of the molecule is CC(=O)CC(C)(C)Oc1ccccc1F. The largest absolute Gasteiger partial charge is 0.484 e. The van der Waals surface area contributed by atoms with Crippen LogP contribution in [0.3, 0.4) is 0 Å². The fourth-order valence-corrected chi connectivity index (χ4v) is 1.46. The highest BCUT2D eigenvalue weighted by Crippen LogP contribution is 2.23. The summed E-state index contributed by atoms with van der Waals surface area (Å²) in [7, 11) is 0. The van der Waals surface area contributed by atoms with Gasteiger partial charge in [0.05, 0.1) is 0 Å². The lowest BCUT2D eigenvalue weighted by atomic mass is 10.0. The molecule has 0 aromatic heterocycles. The van der Waals surface area contributed by atoms with Gasteiger partial charge in [-0.05, 0) is 32.9 Å². The molecule has 0 saturated heterocycles. The average molecular weight is 210 g/mol. The van der Waals surface area contributed by atoms with Crippen molar-refractivity contribution in [3.05, 3.63) is 30.1 Å². The van der Waals surface area contributed by atoms with E-state index in [9.17, 15) is 9.18 Å². The molecule has 0 saturated carbocycles. The van der Waals surface area contributed by atoms with Gasteiger partial charge < -0.3 is 4.74 Å². The Bertz CT molecular complexity index is 358. The van der Waals surface area contributed by atoms with Crippen LogP contribution in [0.4, 0.5) is 4.39 Å². The first-order valence-electron chi connectivity index (χ1n) is 4.84. The molecule has 0 atom stereocenters. The van der Waals surface area contributed by atoms with Gasteiger partial charge in [0.1, 0.15) is 11.4 Å². The second kappa shape index (κ2) is 4.43. The van der Waals surface area contributed by atoms with E-state index in [0.29, 0.717) is 0 Å². The molecule has 0 aliphatic heterocycles. The summed E-state index contributed by atoms with van der Waals surface area (Å²) in [5.74, 6) is -0.200. The Balaban J connectivity index is 2.77. The van der Waals surface area contributed by atoms with E-state index in [-0.39, 0.29) is 18.0 Å². The van der Waals surface area contributed by atoms with Crippen molar-refractivity contribution < 1.29 is 13.9 Å². The van der Waals surface area contributed by atoms with E-state index >= 15 is 0 Å². The van der Waals surface area contributed by atoms with Gasteiger partial charge in [-0.3, -0.25) is 4.79 Å². The molecule has 2 nitrogen and oxygen atoms in total. The van der Waals surface area contributed by atoms with Crippen LogP contribution in [0.2, 0.25) is 0 Å². The number of hydrogen-bond donors (Lipinski definition) is 0. The van der Waals surface area contributed by atoms with E-state index in [0.717, 1.165) is 0 Å². The predicted molar refractivity (Wildman–Crippen MR) is 56.4 cm³/mol. The maximum absolute atomic E-state index is 13.2. The molecule has 0 aliphatic rings. The topological polar surface area (TPSA) is 26.3 Å². The molecule has 3 heteroatoms. The smallest absolute Gasteiger partial charge is 0.165 e. The number of ketones is 1. The summed E-state index contributed by atoms with van der Waals surface area (Å²) in [6.45, 7) is 5.02. The van der Waals surface area contributed by atoms with E-state index in [1.165, 1.54) is 13.0 Å². The van der Waals surface area contributed by atoms with Crippen LogP contribution in [-0.2, 0) is 4.79 Å². The number of rotatable bonds is 4. The molecule has 1 aromatic carbocycles. The Morgan fingerprint density at radius 1 is 1.40 bits per heavy atom. The molecule has 1 rings (SSSR count). The van der Waals surface area contributed by atoms with Crippen molar-refractivity contribution in [2.75, 3.05) is 0 Å². The summed E-state index contributed by atoms with van der Waals surface area (Å²) in [5, 5.41) is 0. The molecule has 0 spiro atoms. The third kappa shape index (κ3) is 3.70. The maximum Gasteiger partial charge on any atom is 0.165 e. The number of para-hydroxylation sites is 1. The quantitative estimate of drug-likeness (QED) is 0.763. The van der Waals surface area contributed by atoms with E-state index in [1.807, 2.05) is 0 Å². The van der Waals surface area contributed by atoms with E-state index in [4.69, 9.17) is 4.74 Å². The minimum Gasteiger partial charge on any atom is -0.484 e. The van der Waals surface area contributed by atoms with Crippen LogP contribution in [0.1, 0.15) is 27.2 Å². The minimum atomic E-state index is -0.673. The average Bonchev–Trinajstić information content (AvgIpc) is 2.06. The predicted octanol–water partition coefficient (Wildman–Crippen LogP) is 2.96. The number of carbonyl (C=O) groups is 1. The zero-order chi connectivity index (χ0) is 11.5. The van der Waals surface area contributed by atoms with Crippen LogP contribution in [0.15, 0.2) is 24.3 Å². The van der Waals surface area contributed by atoms with Crippen molar-refractivity contribution >= 4 is 5.78 Å². The Kier molecular flexibility index (Phi) is 3.45. The molecule has 0 bridgehead atoms. The Morgan fingerprint density at radius 3 is 2.53 bits per heavy atom. The van der Waals surface area contributed by atoms with Gasteiger partial charge in [0, 0.05) is 6.42 Å². The van der Waals surface area contributed by atoms with Gasteiger partial charge >= 0.3 is 0 Å². The summed E-state index contributed by atoms with van der Waals surface area (Å²) >= 11 is 0. The van der Waals surface area contributed by atoms with E-state index in [1.54, 1.807) is 32.0 Å². The van der Waals surface area contributed by atoms with Crippen LogP contribution in [0, 0.1) is 5.82 Å². The van der Waals surface area contributed by atoms with Gasteiger partial charge in [-0.2, -0.15) is 0 Å². The van der Waals surface area contributed by atoms with Crippen LogP contribution < -0.4 is 4.74 Å². The van der Waals surface area contributed by atoms with Crippen LogP contribution in [0.5, 0.6) is 5.75 Å². The lowest BCUT2D eigenvalue weighted by Gasteiger charge is -2.25. The molecule has 0 heterocycles. The first-order valence-corrected chi connectivity index (χ1v) is 4.84. The molecule has 15 heavy (non-hydrogen) atoms. The number of ether oxygens (including phenoxy) is 1. The molecule has 1 aromatic rings. The molecule has 0 radical (unpaired) electrons. The van der Waals surface area contributed by atoms with Crippen molar-refractivity contribution in [1.82, 2.24) is 0 Å². The first kappa shape index (κ1) is 11.7. The molecule has 0 amide bonds. The van der Waals surface area contributed by atoms with Crippen molar-refractivity contribution in [1.29, 1.82) is 0 Å². The van der Waals surface area contributed by atoms with E-state index in [2.05, 4.69) is 0 Å². The minimum absolute atomic E-state index is 0.0244. The van der Waals surface area contributed by atoms with Gasteiger partial charge in [0.25, 0.3) is 0 Å².